The Morgan fingerprint density at radius 3 is 2.60 bits per heavy atom. The van der Waals surface area contributed by atoms with Gasteiger partial charge in [-0.1, -0.05) is 42.0 Å². The molecule has 1 atom stereocenters. The third-order valence-electron chi connectivity index (χ3n) is 4.10. The van der Waals surface area contributed by atoms with Gasteiger partial charge in [0, 0.05) is 13.1 Å². The molecule has 0 aliphatic carbocycles. The van der Waals surface area contributed by atoms with Gasteiger partial charge in [-0.25, -0.2) is 4.79 Å². The maximum Gasteiger partial charge on any atom is 0.317 e. The van der Waals surface area contributed by atoms with Crippen molar-refractivity contribution in [2.45, 2.75) is 26.5 Å². The number of likely N-dealkylation sites (N-methyl/N-ethyl adjacent to an activating group) is 1. The summed E-state index contributed by atoms with van der Waals surface area (Å²) in [6.45, 7) is 5.08. The van der Waals surface area contributed by atoms with Crippen LogP contribution < -0.4 is 10.1 Å². The lowest BCUT2D eigenvalue weighted by Gasteiger charge is -2.24. The first-order chi connectivity index (χ1) is 12.0. The molecule has 0 aliphatic heterocycles. The van der Waals surface area contributed by atoms with Crippen molar-refractivity contribution in [2.75, 3.05) is 20.2 Å². The van der Waals surface area contributed by atoms with Crippen LogP contribution in [0.1, 0.15) is 29.7 Å². The third-order valence-corrected chi connectivity index (χ3v) is 4.10. The zero-order valence-corrected chi connectivity index (χ0v) is 15.0. The number of urea groups is 1. The number of methoxy groups -OCH3 is 1. The Balaban J connectivity index is 1.92. The number of aryl methyl sites for hydroxylation is 1. The standard InChI is InChI=1S/C20H26N2O3/c1-4-22(14-19(23)17-10-8-15(2)9-11-17)20(24)21-13-16-6-5-7-18(12-16)25-3/h5-12,19,23H,4,13-14H2,1-3H3,(H,21,24). The number of rotatable bonds is 7. The van der Waals surface area contributed by atoms with Gasteiger partial charge >= 0.3 is 6.03 Å². The van der Waals surface area contributed by atoms with E-state index in [1.807, 2.05) is 62.4 Å². The van der Waals surface area contributed by atoms with Crippen LogP contribution in [-0.2, 0) is 6.54 Å². The van der Waals surface area contributed by atoms with Gasteiger partial charge in [-0.15, -0.1) is 0 Å². The number of hydrogen-bond acceptors (Lipinski definition) is 3. The van der Waals surface area contributed by atoms with Crippen molar-refractivity contribution in [1.82, 2.24) is 10.2 Å². The van der Waals surface area contributed by atoms with Gasteiger partial charge in [0.1, 0.15) is 5.75 Å². The molecule has 2 aromatic carbocycles. The molecular formula is C20H26N2O3. The van der Waals surface area contributed by atoms with Crippen LogP contribution in [0.2, 0.25) is 0 Å². The van der Waals surface area contributed by atoms with Gasteiger partial charge in [0.25, 0.3) is 0 Å². The fraction of sp³-hybridized carbons (Fsp3) is 0.350. The number of nitrogens with one attached hydrogen (secondary N) is 1. The van der Waals surface area contributed by atoms with Crippen LogP contribution in [0.5, 0.6) is 5.75 Å². The minimum Gasteiger partial charge on any atom is -0.497 e. The van der Waals surface area contributed by atoms with E-state index in [2.05, 4.69) is 5.32 Å². The van der Waals surface area contributed by atoms with E-state index in [1.54, 1.807) is 12.0 Å². The lowest BCUT2D eigenvalue weighted by atomic mass is 10.1. The highest BCUT2D eigenvalue weighted by Gasteiger charge is 2.17. The third kappa shape index (κ3) is 5.50. The van der Waals surface area contributed by atoms with Crippen LogP contribution in [0.3, 0.4) is 0 Å². The Bertz CT molecular complexity index is 686. The van der Waals surface area contributed by atoms with Crippen LogP contribution in [0.15, 0.2) is 48.5 Å². The van der Waals surface area contributed by atoms with Crippen LogP contribution in [0.4, 0.5) is 4.79 Å². The summed E-state index contributed by atoms with van der Waals surface area (Å²) in [4.78, 5) is 14.0. The molecule has 0 bridgehead atoms. The number of amides is 2. The van der Waals surface area contributed by atoms with Crippen LogP contribution >= 0.6 is 0 Å². The molecule has 0 fully saturated rings. The molecule has 0 radical (unpaired) electrons. The topological polar surface area (TPSA) is 61.8 Å². The van der Waals surface area contributed by atoms with Crippen molar-refractivity contribution in [1.29, 1.82) is 0 Å². The Labute approximate surface area is 149 Å². The lowest BCUT2D eigenvalue weighted by Crippen LogP contribution is -2.41. The first-order valence-corrected chi connectivity index (χ1v) is 8.43. The zero-order valence-electron chi connectivity index (χ0n) is 15.0. The van der Waals surface area contributed by atoms with Crippen LogP contribution in [0.25, 0.3) is 0 Å². The van der Waals surface area contributed by atoms with E-state index < -0.39 is 6.10 Å². The van der Waals surface area contributed by atoms with Crippen LogP contribution in [-0.4, -0.2) is 36.2 Å². The Kier molecular flexibility index (Phi) is 6.83. The molecule has 1 unspecified atom stereocenters. The van der Waals surface area contributed by atoms with E-state index in [1.165, 1.54) is 0 Å². The molecule has 0 aliphatic rings. The highest BCUT2D eigenvalue weighted by atomic mass is 16.5. The van der Waals surface area contributed by atoms with Gasteiger partial charge in [-0.05, 0) is 37.1 Å². The van der Waals surface area contributed by atoms with E-state index in [9.17, 15) is 9.90 Å². The number of benzene rings is 2. The quantitative estimate of drug-likeness (QED) is 0.812. The average Bonchev–Trinajstić information content (AvgIpc) is 2.64. The predicted octanol–water partition coefficient (Wildman–Crippen LogP) is 3.27. The van der Waals surface area contributed by atoms with E-state index in [0.717, 1.165) is 22.4 Å². The monoisotopic (exact) mass is 342 g/mol. The minimum absolute atomic E-state index is 0.198. The molecule has 134 valence electrons. The fourth-order valence-electron chi connectivity index (χ4n) is 2.53. The van der Waals surface area contributed by atoms with Gasteiger partial charge < -0.3 is 20.1 Å². The molecular weight excluding hydrogens is 316 g/mol. The molecule has 25 heavy (non-hydrogen) atoms. The molecule has 0 heterocycles. The first-order valence-electron chi connectivity index (χ1n) is 8.43. The summed E-state index contributed by atoms with van der Waals surface area (Å²) in [5, 5.41) is 13.3. The summed E-state index contributed by atoms with van der Waals surface area (Å²) < 4.78 is 5.18. The summed E-state index contributed by atoms with van der Waals surface area (Å²) in [5.41, 5.74) is 2.91. The number of aliphatic hydroxyl groups excluding tert-OH is 1. The van der Waals surface area contributed by atoms with Crippen molar-refractivity contribution >= 4 is 6.03 Å². The van der Waals surface area contributed by atoms with Crippen molar-refractivity contribution in [2.24, 2.45) is 0 Å². The van der Waals surface area contributed by atoms with Gasteiger partial charge in [0.15, 0.2) is 0 Å². The number of aliphatic hydroxyl groups is 1. The molecule has 5 heteroatoms. The summed E-state index contributed by atoms with van der Waals surface area (Å²) in [5.74, 6) is 0.758. The Morgan fingerprint density at radius 1 is 1.24 bits per heavy atom. The SMILES string of the molecule is CCN(CC(O)c1ccc(C)cc1)C(=O)NCc1cccc(OC)c1. The fourth-order valence-corrected chi connectivity index (χ4v) is 2.53. The second-order valence-electron chi connectivity index (χ2n) is 5.98. The van der Waals surface area contributed by atoms with E-state index >= 15 is 0 Å². The summed E-state index contributed by atoms with van der Waals surface area (Å²) in [6, 6.07) is 15.1. The molecule has 2 rings (SSSR count). The Morgan fingerprint density at radius 2 is 1.96 bits per heavy atom. The molecule has 0 aromatic heterocycles. The second-order valence-corrected chi connectivity index (χ2v) is 5.98. The van der Waals surface area contributed by atoms with Crippen LogP contribution in [0, 0.1) is 6.92 Å². The molecule has 5 nitrogen and oxygen atoms in total. The molecule has 2 amide bonds. The summed E-state index contributed by atoms with van der Waals surface area (Å²) in [7, 11) is 1.61. The van der Waals surface area contributed by atoms with Gasteiger partial charge in [-0.3, -0.25) is 0 Å². The highest BCUT2D eigenvalue weighted by Crippen LogP contribution is 2.16. The summed E-state index contributed by atoms with van der Waals surface area (Å²) in [6.07, 6.45) is -0.705. The number of hydrogen-bond donors (Lipinski definition) is 2. The van der Waals surface area contributed by atoms with Crippen molar-refractivity contribution in [3.8, 4) is 5.75 Å². The van der Waals surface area contributed by atoms with E-state index in [0.29, 0.717) is 13.1 Å². The number of nitrogens with zero attached hydrogens (tertiary/aromatic N) is 1. The predicted molar refractivity (Wildman–Crippen MR) is 98.6 cm³/mol. The molecule has 0 saturated heterocycles. The smallest absolute Gasteiger partial charge is 0.317 e. The maximum atomic E-state index is 12.4. The largest absolute Gasteiger partial charge is 0.497 e. The van der Waals surface area contributed by atoms with Gasteiger partial charge in [0.2, 0.25) is 0 Å². The van der Waals surface area contributed by atoms with Crippen molar-refractivity contribution < 1.29 is 14.6 Å². The van der Waals surface area contributed by atoms with E-state index in [4.69, 9.17) is 4.74 Å². The number of ether oxygens (including phenoxy) is 1. The lowest BCUT2D eigenvalue weighted by molar-refractivity contribution is 0.123. The maximum absolute atomic E-state index is 12.4. The molecule has 0 saturated carbocycles. The van der Waals surface area contributed by atoms with E-state index in [-0.39, 0.29) is 12.6 Å². The average molecular weight is 342 g/mol. The highest BCUT2D eigenvalue weighted by molar-refractivity contribution is 5.74. The first kappa shape index (κ1) is 18.8. The molecule has 2 N–H and O–H groups in total. The Hall–Kier alpha value is -2.53. The van der Waals surface area contributed by atoms with Crippen molar-refractivity contribution in [3.05, 3.63) is 65.2 Å². The second kappa shape index (κ2) is 9.08. The minimum atomic E-state index is -0.705. The number of carbonyl (C=O) groups is 1. The zero-order chi connectivity index (χ0) is 18.2. The normalized spacial score (nSPS) is 11.7. The summed E-state index contributed by atoms with van der Waals surface area (Å²) >= 11 is 0. The molecule has 2 aromatic rings. The molecule has 0 spiro atoms. The van der Waals surface area contributed by atoms with Crippen molar-refractivity contribution in [3.63, 3.8) is 0 Å². The van der Waals surface area contributed by atoms with Gasteiger partial charge in [-0.2, -0.15) is 0 Å². The van der Waals surface area contributed by atoms with Gasteiger partial charge in [0.05, 0.1) is 19.8 Å². The number of carbonyl (C=O) groups excluding carboxylic acids is 1.